The van der Waals surface area contributed by atoms with Crippen molar-refractivity contribution in [2.75, 3.05) is 6.54 Å². The maximum atomic E-state index is 13.5. The van der Waals surface area contributed by atoms with Gasteiger partial charge in [-0.25, -0.2) is 8.42 Å². The molecule has 53 heavy (non-hydrogen) atoms. The SMILES string of the molecule is CC1C=C(c2cc(-c3cccnc3)cc(-c3ccc4c(c3)-c3cc(-c5cc(-c6cccnc6)cc(-c6ccc[nH]6)c5)ccc3CS(=O)(=O)C4)c2)C=NC1. The van der Waals surface area contributed by atoms with Crippen LogP contribution in [0, 0.1) is 5.92 Å². The minimum absolute atomic E-state index is 0.0115. The lowest BCUT2D eigenvalue weighted by atomic mass is 9.88. The molecule has 0 aliphatic carbocycles. The molecule has 0 saturated carbocycles. The molecule has 7 heteroatoms. The zero-order valence-corrected chi connectivity index (χ0v) is 30.0. The van der Waals surface area contributed by atoms with E-state index in [9.17, 15) is 8.42 Å². The lowest BCUT2D eigenvalue weighted by Gasteiger charge is -2.17. The van der Waals surface area contributed by atoms with E-state index in [4.69, 9.17) is 0 Å². The third-order valence-corrected chi connectivity index (χ3v) is 11.6. The summed E-state index contributed by atoms with van der Waals surface area (Å²) in [5.41, 5.74) is 16.0. The number of allylic oxidation sites excluding steroid dienone is 1. The van der Waals surface area contributed by atoms with Crippen molar-refractivity contribution in [3.63, 3.8) is 0 Å². The zero-order valence-electron chi connectivity index (χ0n) is 29.2. The number of aromatic nitrogens is 3. The second-order valence-corrected chi connectivity index (χ2v) is 16.1. The number of nitrogens with one attached hydrogen (secondary N) is 1. The molecule has 0 fully saturated rings. The number of benzene rings is 4. The Bertz CT molecular complexity index is 2660. The molecule has 1 unspecified atom stereocenters. The van der Waals surface area contributed by atoms with E-state index in [1.807, 2.05) is 61.2 Å². The first-order valence-corrected chi connectivity index (χ1v) is 19.6. The third-order valence-electron chi connectivity index (χ3n) is 10.1. The molecule has 5 heterocycles. The van der Waals surface area contributed by atoms with Crippen molar-refractivity contribution in [3.8, 4) is 66.9 Å². The van der Waals surface area contributed by atoms with E-state index < -0.39 is 9.84 Å². The van der Waals surface area contributed by atoms with Crippen LogP contribution in [0.4, 0.5) is 0 Å². The van der Waals surface area contributed by atoms with E-state index >= 15 is 0 Å². The van der Waals surface area contributed by atoms with Gasteiger partial charge in [0, 0.05) is 60.6 Å². The zero-order chi connectivity index (χ0) is 35.9. The summed E-state index contributed by atoms with van der Waals surface area (Å²) < 4.78 is 27.0. The number of H-pyrrole nitrogens is 1. The number of fused-ring (bicyclic) bond motifs is 3. The van der Waals surface area contributed by atoms with Crippen LogP contribution in [0.1, 0.15) is 23.6 Å². The van der Waals surface area contributed by atoms with Crippen molar-refractivity contribution in [3.05, 3.63) is 163 Å². The summed E-state index contributed by atoms with van der Waals surface area (Å²) in [7, 11) is -3.39. The average Bonchev–Trinajstić information content (AvgIpc) is 3.70. The first kappa shape index (κ1) is 32.7. The number of rotatable bonds is 6. The molecule has 258 valence electrons. The molecule has 7 aromatic rings. The lowest BCUT2D eigenvalue weighted by molar-refractivity contribution is 0.595. The molecule has 1 N–H and O–H groups in total. The predicted octanol–water partition coefficient (Wildman–Crippen LogP) is 10.3. The van der Waals surface area contributed by atoms with Gasteiger partial charge in [0.25, 0.3) is 0 Å². The van der Waals surface area contributed by atoms with E-state index in [1.165, 1.54) is 0 Å². The highest BCUT2D eigenvalue weighted by atomic mass is 32.2. The van der Waals surface area contributed by atoms with Crippen molar-refractivity contribution in [1.29, 1.82) is 0 Å². The Morgan fingerprint density at radius 3 is 1.64 bits per heavy atom. The second kappa shape index (κ2) is 13.4. The van der Waals surface area contributed by atoms with Gasteiger partial charge in [-0.3, -0.25) is 15.0 Å². The Labute approximate surface area is 309 Å². The van der Waals surface area contributed by atoms with Gasteiger partial charge in [0.15, 0.2) is 9.84 Å². The Kier molecular flexibility index (Phi) is 8.28. The van der Waals surface area contributed by atoms with Gasteiger partial charge in [0.1, 0.15) is 0 Å². The number of dihydropyridines is 1. The monoisotopic (exact) mass is 708 g/mol. The maximum absolute atomic E-state index is 13.5. The molecule has 0 saturated heterocycles. The van der Waals surface area contributed by atoms with Crippen LogP contribution in [0.25, 0.3) is 72.5 Å². The number of hydrogen-bond donors (Lipinski definition) is 1. The number of sulfone groups is 1. The number of hydrogen-bond acceptors (Lipinski definition) is 5. The smallest absolute Gasteiger partial charge is 0.158 e. The van der Waals surface area contributed by atoms with Gasteiger partial charge < -0.3 is 4.98 Å². The Balaban J connectivity index is 1.21. The molecule has 1 atom stereocenters. The minimum Gasteiger partial charge on any atom is -0.361 e. The summed E-state index contributed by atoms with van der Waals surface area (Å²) in [4.78, 5) is 16.8. The van der Waals surface area contributed by atoms with Gasteiger partial charge >= 0.3 is 0 Å². The third kappa shape index (κ3) is 6.67. The van der Waals surface area contributed by atoms with Gasteiger partial charge in [-0.15, -0.1) is 0 Å². The Morgan fingerprint density at radius 1 is 0.585 bits per heavy atom. The largest absolute Gasteiger partial charge is 0.361 e. The van der Waals surface area contributed by atoms with Gasteiger partial charge in [-0.05, 0) is 151 Å². The van der Waals surface area contributed by atoms with Crippen molar-refractivity contribution >= 4 is 21.6 Å². The topological polar surface area (TPSA) is 88.1 Å². The van der Waals surface area contributed by atoms with Crippen LogP contribution in [0.3, 0.4) is 0 Å². The fourth-order valence-electron chi connectivity index (χ4n) is 7.50. The Hall–Kier alpha value is -6.18. The van der Waals surface area contributed by atoms with Crippen LogP contribution in [-0.4, -0.2) is 36.1 Å². The molecule has 0 radical (unpaired) electrons. The molecule has 3 aromatic heterocycles. The molecular formula is C46H36N4O2S. The molecule has 0 spiro atoms. The van der Waals surface area contributed by atoms with E-state index in [2.05, 4.69) is 106 Å². The lowest BCUT2D eigenvalue weighted by Crippen LogP contribution is -2.05. The Morgan fingerprint density at radius 2 is 1.13 bits per heavy atom. The highest BCUT2D eigenvalue weighted by molar-refractivity contribution is 7.89. The van der Waals surface area contributed by atoms with Crippen LogP contribution >= 0.6 is 0 Å². The van der Waals surface area contributed by atoms with Gasteiger partial charge in [0.05, 0.1) is 11.5 Å². The van der Waals surface area contributed by atoms with E-state index in [0.717, 1.165) is 95.7 Å². The molecule has 0 bridgehead atoms. The predicted molar refractivity (Wildman–Crippen MR) is 216 cm³/mol. The summed E-state index contributed by atoms with van der Waals surface area (Å²) >= 11 is 0. The molecule has 9 rings (SSSR count). The fourth-order valence-corrected chi connectivity index (χ4v) is 9.05. The summed E-state index contributed by atoms with van der Waals surface area (Å²) in [6, 6.07) is 37.7. The van der Waals surface area contributed by atoms with E-state index in [1.54, 1.807) is 12.4 Å². The van der Waals surface area contributed by atoms with Crippen LogP contribution in [0.5, 0.6) is 0 Å². The average molecular weight is 709 g/mol. The van der Waals surface area contributed by atoms with Gasteiger partial charge in [0.2, 0.25) is 0 Å². The van der Waals surface area contributed by atoms with E-state index in [-0.39, 0.29) is 11.5 Å². The summed E-state index contributed by atoms with van der Waals surface area (Å²) in [6.45, 7) is 2.97. The molecule has 2 aliphatic rings. The van der Waals surface area contributed by atoms with Crippen molar-refractivity contribution < 1.29 is 8.42 Å². The summed E-state index contributed by atoms with van der Waals surface area (Å²) in [5.74, 6) is 0.328. The highest BCUT2D eigenvalue weighted by Crippen LogP contribution is 2.41. The first-order valence-electron chi connectivity index (χ1n) is 17.8. The van der Waals surface area contributed by atoms with Crippen LogP contribution in [0.2, 0.25) is 0 Å². The minimum atomic E-state index is -3.39. The quantitative estimate of drug-likeness (QED) is 0.186. The van der Waals surface area contributed by atoms with Crippen molar-refractivity contribution in [1.82, 2.24) is 15.0 Å². The molecule has 6 nitrogen and oxygen atoms in total. The van der Waals surface area contributed by atoms with Crippen LogP contribution < -0.4 is 0 Å². The van der Waals surface area contributed by atoms with Crippen LogP contribution in [-0.2, 0) is 21.3 Å². The molecular weight excluding hydrogens is 673 g/mol. The van der Waals surface area contributed by atoms with Crippen molar-refractivity contribution in [2.24, 2.45) is 10.9 Å². The summed E-state index contributed by atoms with van der Waals surface area (Å²) in [5, 5.41) is 0. The van der Waals surface area contributed by atoms with Gasteiger partial charge in [-0.1, -0.05) is 49.4 Å². The maximum Gasteiger partial charge on any atom is 0.158 e. The van der Waals surface area contributed by atoms with Crippen molar-refractivity contribution in [2.45, 2.75) is 18.4 Å². The first-order chi connectivity index (χ1) is 25.8. The number of aromatic amines is 1. The van der Waals surface area contributed by atoms with E-state index in [0.29, 0.717) is 5.92 Å². The second-order valence-electron chi connectivity index (χ2n) is 14.0. The summed E-state index contributed by atoms with van der Waals surface area (Å²) in [6.07, 6.45) is 13.5. The highest BCUT2D eigenvalue weighted by Gasteiger charge is 2.25. The molecule has 2 aliphatic heterocycles. The standard InChI is InChI=1S/C46H36N4O2S/c1-30-15-43(27-49-24-30)41-18-37(16-39(19-41)33-5-2-12-47-25-33)31-8-10-35-28-53(51,52)29-36-11-9-32(23-45(36)44(35)22-31)38-17-40(34-6-3-13-48-26-34)21-42(20-38)46-7-4-14-50-46/h2-23,25-27,30,50H,24,28-29H2,1H3. The fraction of sp³-hybridized carbons (Fsp3) is 0.109. The number of pyridine rings is 2. The van der Waals surface area contributed by atoms with Crippen LogP contribution in [0.15, 0.2) is 151 Å². The molecule has 0 amide bonds. The van der Waals surface area contributed by atoms with Gasteiger partial charge in [-0.2, -0.15) is 0 Å². The molecule has 4 aromatic carbocycles. The number of nitrogens with zero attached hydrogens (tertiary/aromatic N) is 3. The normalized spacial score (nSPS) is 15.9. The number of aliphatic imine (C=N–C) groups is 1.